The summed E-state index contributed by atoms with van der Waals surface area (Å²) in [6.07, 6.45) is 1.73. The molecule has 1 heterocycles. The molecule has 0 radical (unpaired) electrons. The molecule has 0 spiro atoms. The zero-order chi connectivity index (χ0) is 13.7. The fourth-order valence-electron chi connectivity index (χ4n) is 1.62. The minimum Gasteiger partial charge on any atom is -0.497 e. The Morgan fingerprint density at radius 2 is 1.89 bits per heavy atom. The van der Waals surface area contributed by atoms with E-state index in [4.69, 9.17) is 9.47 Å². The highest BCUT2D eigenvalue weighted by atomic mass is 16.5. The molecule has 0 saturated heterocycles. The van der Waals surface area contributed by atoms with Crippen molar-refractivity contribution < 1.29 is 9.47 Å². The third kappa shape index (κ3) is 3.58. The summed E-state index contributed by atoms with van der Waals surface area (Å²) in [6.45, 7) is 6.32. The topological polar surface area (TPSA) is 31.4 Å². The summed E-state index contributed by atoms with van der Waals surface area (Å²) < 4.78 is 10.8. The lowest BCUT2D eigenvalue weighted by Gasteiger charge is -2.08. The quantitative estimate of drug-likeness (QED) is 0.816. The molecule has 0 saturated carbocycles. The van der Waals surface area contributed by atoms with Crippen molar-refractivity contribution in [2.45, 2.75) is 13.5 Å². The van der Waals surface area contributed by atoms with Crippen molar-refractivity contribution in [1.82, 2.24) is 4.98 Å². The normalized spacial score (nSPS) is 10.0. The van der Waals surface area contributed by atoms with Gasteiger partial charge in [0.1, 0.15) is 18.1 Å². The van der Waals surface area contributed by atoms with Gasteiger partial charge in [0.2, 0.25) is 0 Å². The molecule has 2 aromatic rings. The fourth-order valence-corrected chi connectivity index (χ4v) is 1.62. The molecule has 98 valence electrons. The van der Waals surface area contributed by atoms with Gasteiger partial charge in [0, 0.05) is 12.3 Å². The maximum absolute atomic E-state index is 5.73. The SMILES string of the molecule is C=C(C)c1cc(OCc2ccc(OC)cc2)ccn1. The molecule has 0 fully saturated rings. The number of pyridine rings is 1. The summed E-state index contributed by atoms with van der Waals surface area (Å²) in [5.41, 5.74) is 2.87. The molecule has 0 aliphatic carbocycles. The zero-order valence-corrected chi connectivity index (χ0v) is 11.2. The van der Waals surface area contributed by atoms with Crippen molar-refractivity contribution in [2.75, 3.05) is 7.11 Å². The van der Waals surface area contributed by atoms with Crippen molar-refractivity contribution in [3.05, 3.63) is 60.4 Å². The number of aromatic nitrogens is 1. The Morgan fingerprint density at radius 1 is 1.16 bits per heavy atom. The Morgan fingerprint density at radius 3 is 2.53 bits per heavy atom. The van der Waals surface area contributed by atoms with E-state index in [0.717, 1.165) is 28.3 Å². The number of rotatable bonds is 5. The van der Waals surface area contributed by atoms with Crippen molar-refractivity contribution in [3.8, 4) is 11.5 Å². The standard InChI is InChI=1S/C16H17NO2/c1-12(2)16-10-15(8-9-17-16)19-11-13-4-6-14(18-3)7-5-13/h4-10H,1,11H2,2-3H3. The maximum atomic E-state index is 5.73. The van der Waals surface area contributed by atoms with Gasteiger partial charge in [-0.1, -0.05) is 18.7 Å². The van der Waals surface area contributed by atoms with E-state index < -0.39 is 0 Å². The van der Waals surface area contributed by atoms with Crippen LogP contribution in [0, 0.1) is 0 Å². The molecule has 3 heteroatoms. The predicted octanol–water partition coefficient (Wildman–Crippen LogP) is 3.70. The van der Waals surface area contributed by atoms with E-state index in [1.54, 1.807) is 13.3 Å². The first-order valence-electron chi connectivity index (χ1n) is 6.06. The molecule has 0 aliphatic heterocycles. The van der Waals surface area contributed by atoms with E-state index in [1.807, 2.05) is 43.3 Å². The van der Waals surface area contributed by atoms with E-state index in [-0.39, 0.29) is 0 Å². The third-order valence-corrected chi connectivity index (χ3v) is 2.73. The predicted molar refractivity (Wildman–Crippen MR) is 76.3 cm³/mol. The second kappa shape index (κ2) is 6.05. The van der Waals surface area contributed by atoms with Crippen LogP contribution in [0.1, 0.15) is 18.2 Å². The van der Waals surface area contributed by atoms with Crippen LogP contribution in [0.15, 0.2) is 49.2 Å². The summed E-state index contributed by atoms with van der Waals surface area (Å²) in [7, 11) is 1.65. The monoisotopic (exact) mass is 255 g/mol. The first-order valence-corrected chi connectivity index (χ1v) is 6.06. The molecular weight excluding hydrogens is 238 g/mol. The van der Waals surface area contributed by atoms with Crippen LogP contribution < -0.4 is 9.47 Å². The van der Waals surface area contributed by atoms with Crippen LogP contribution >= 0.6 is 0 Å². The van der Waals surface area contributed by atoms with Gasteiger partial charge in [0.05, 0.1) is 12.8 Å². The number of nitrogens with zero attached hydrogens (tertiary/aromatic N) is 1. The van der Waals surface area contributed by atoms with E-state index in [9.17, 15) is 0 Å². The van der Waals surface area contributed by atoms with E-state index in [0.29, 0.717) is 6.61 Å². The van der Waals surface area contributed by atoms with E-state index in [2.05, 4.69) is 11.6 Å². The Hall–Kier alpha value is -2.29. The first kappa shape index (κ1) is 13.1. The minimum atomic E-state index is 0.517. The molecule has 0 unspecified atom stereocenters. The lowest BCUT2D eigenvalue weighted by molar-refractivity contribution is 0.305. The summed E-state index contributed by atoms with van der Waals surface area (Å²) in [4.78, 5) is 4.22. The molecule has 0 bridgehead atoms. The number of hydrogen-bond donors (Lipinski definition) is 0. The van der Waals surface area contributed by atoms with Gasteiger partial charge in [-0.3, -0.25) is 4.98 Å². The average molecular weight is 255 g/mol. The summed E-state index contributed by atoms with van der Waals surface area (Å²) in [6, 6.07) is 11.6. The molecule has 0 aliphatic rings. The van der Waals surface area contributed by atoms with Gasteiger partial charge < -0.3 is 9.47 Å². The van der Waals surface area contributed by atoms with Crippen LogP contribution in [0.5, 0.6) is 11.5 Å². The smallest absolute Gasteiger partial charge is 0.123 e. The van der Waals surface area contributed by atoms with Gasteiger partial charge in [-0.25, -0.2) is 0 Å². The molecule has 2 rings (SSSR count). The van der Waals surface area contributed by atoms with Crippen LogP contribution in [-0.4, -0.2) is 12.1 Å². The van der Waals surface area contributed by atoms with Crippen molar-refractivity contribution in [2.24, 2.45) is 0 Å². The molecule has 1 aromatic heterocycles. The average Bonchev–Trinajstić information content (AvgIpc) is 2.46. The highest BCUT2D eigenvalue weighted by Crippen LogP contribution is 2.18. The van der Waals surface area contributed by atoms with Crippen molar-refractivity contribution >= 4 is 5.57 Å². The van der Waals surface area contributed by atoms with Crippen molar-refractivity contribution in [3.63, 3.8) is 0 Å². The van der Waals surface area contributed by atoms with Crippen LogP contribution in [0.25, 0.3) is 5.57 Å². The second-order valence-corrected chi connectivity index (χ2v) is 4.29. The van der Waals surface area contributed by atoms with Gasteiger partial charge in [-0.2, -0.15) is 0 Å². The summed E-state index contributed by atoms with van der Waals surface area (Å²) in [5, 5.41) is 0. The zero-order valence-electron chi connectivity index (χ0n) is 11.2. The minimum absolute atomic E-state index is 0.517. The van der Waals surface area contributed by atoms with Gasteiger partial charge in [-0.05, 0) is 36.3 Å². The maximum Gasteiger partial charge on any atom is 0.123 e. The first-order chi connectivity index (χ1) is 9.19. The number of methoxy groups -OCH3 is 1. The summed E-state index contributed by atoms with van der Waals surface area (Å²) >= 11 is 0. The van der Waals surface area contributed by atoms with Gasteiger partial charge in [0.15, 0.2) is 0 Å². The largest absolute Gasteiger partial charge is 0.497 e. The van der Waals surface area contributed by atoms with Crippen LogP contribution in [0.2, 0.25) is 0 Å². The lowest BCUT2D eigenvalue weighted by Crippen LogP contribution is -1.96. The number of benzene rings is 1. The number of ether oxygens (including phenoxy) is 2. The highest BCUT2D eigenvalue weighted by Gasteiger charge is 2.00. The number of hydrogen-bond acceptors (Lipinski definition) is 3. The van der Waals surface area contributed by atoms with Gasteiger partial charge >= 0.3 is 0 Å². The fraction of sp³-hybridized carbons (Fsp3) is 0.188. The van der Waals surface area contributed by atoms with Crippen molar-refractivity contribution in [1.29, 1.82) is 0 Å². The molecule has 0 atom stereocenters. The van der Waals surface area contributed by atoms with E-state index in [1.165, 1.54) is 0 Å². The lowest BCUT2D eigenvalue weighted by atomic mass is 10.2. The summed E-state index contributed by atoms with van der Waals surface area (Å²) in [5.74, 6) is 1.64. The Bertz CT molecular complexity index is 561. The highest BCUT2D eigenvalue weighted by molar-refractivity contribution is 5.58. The molecule has 0 amide bonds. The van der Waals surface area contributed by atoms with Crippen LogP contribution in [0.3, 0.4) is 0 Å². The van der Waals surface area contributed by atoms with E-state index >= 15 is 0 Å². The molecule has 19 heavy (non-hydrogen) atoms. The number of allylic oxidation sites excluding steroid dienone is 1. The van der Waals surface area contributed by atoms with Gasteiger partial charge in [-0.15, -0.1) is 0 Å². The molecule has 0 N–H and O–H groups in total. The molecule has 1 aromatic carbocycles. The van der Waals surface area contributed by atoms with Crippen LogP contribution in [0.4, 0.5) is 0 Å². The molecular formula is C16H17NO2. The Labute approximate surface area is 113 Å². The Balaban J connectivity index is 2.01. The molecule has 3 nitrogen and oxygen atoms in total. The van der Waals surface area contributed by atoms with Gasteiger partial charge in [0.25, 0.3) is 0 Å². The second-order valence-electron chi connectivity index (χ2n) is 4.29. The Kier molecular flexibility index (Phi) is 4.18. The third-order valence-electron chi connectivity index (χ3n) is 2.73. The van der Waals surface area contributed by atoms with Crippen LogP contribution in [-0.2, 0) is 6.61 Å².